The third kappa shape index (κ3) is 2.05. The maximum absolute atomic E-state index is 12.6. The molecule has 1 nitrogen and oxygen atoms in total. The Morgan fingerprint density at radius 1 is 1.06 bits per heavy atom. The number of carbonyl (C=O) groups is 1. The number of rotatable bonds is 3. The summed E-state index contributed by atoms with van der Waals surface area (Å²) in [7, 11) is 0. The number of benzene rings is 2. The fraction of sp³-hybridized carbons (Fsp3) is 0.353. The van der Waals surface area contributed by atoms with Gasteiger partial charge in [-0.15, -0.1) is 0 Å². The predicted molar refractivity (Wildman–Crippen MR) is 77.1 cm³/mol. The summed E-state index contributed by atoms with van der Waals surface area (Å²) in [5, 5.41) is 2.25. The lowest BCUT2D eigenvalue weighted by Gasteiger charge is -2.22. The molecular weight excluding hydrogens is 220 g/mol. The average molecular weight is 240 g/mol. The number of fused-ring (bicyclic) bond motifs is 1. The highest BCUT2D eigenvalue weighted by Gasteiger charge is 2.27. The van der Waals surface area contributed by atoms with Crippen molar-refractivity contribution in [2.45, 2.75) is 34.1 Å². The molecule has 0 fully saturated rings. The van der Waals surface area contributed by atoms with Crippen LogP contribution in [0.4, 0.5) is 0 Å². The van der Waals surface area contributed by atoms with Crippen molar-refractivity contribution in [1.82, 2.24) is 0 Å². The van der Waals surface area contributed by atoms with Crippen LogP contribution in [0.1, 0.15) is 43.1 Å². The highest BCUT2D eigenvalue weighted by atomic mass is 16.1. The molecule has 0 unspecified atom stereocenters. The van der Waals surface area contributed by atoms with E-state index in [2.05, 4.69) is 19.9 Å². The number of carbonyl (C=O) groups excluding carboxylic acids is 1. The largest absolute Gasteiger partial charge is 0.294 e. The molecule has 0 aromatic heterocycles. The summed E-state index contributed by atoms with van der Waals surface area (Å²) in [5.74, 6) is 0.237. The Morgan fingerprint density at radius 3 is 2.28 bits per heavy atom. The van der Waals surface area contributed by atoms with Gasteiger partial charge in [-0.05, 0) is 29.7 Å². The van der Waals surface area contributed by atoms with Crippen LogP contribution in [-0.2, 0) is 0 Å². The maximum Gasteiger partial charge on any atom is 0.169 e. The third-order valence-electron chi connectivity index (χ3n) is 3.89. The Balaban J connectivity index is 2.66. The van der Waals surface area contributed by atoms with Crippen LogP contribution in [0.15, 0.2) is 36.4 Å². The van der Waals surface area contributed by atoms with E-state index in [9.17, 15) is 4.79 Å². The smallest absolute Gasteiger partial charge is 0.169 e. The second kappa shape index (κ2) is 4.56. The number of ketones is 1. The second-order valence-corrected chi connectivity index (χ2v) is 5.54. The highest BCUT2D eigenvalue weighted by Crippen LogP contribution is 2.30. The molecule has 0 N–H and O–H groups in total. The summed E-state index contributed by atoms with van der Waals surface area (Å²) in [6.07, 6.45) is 0.855. The molecule has 0 amide bonds. The summed E-state index contributed by atoms with van der Waals surface area (Å²) < 4.78 is 0. The Bertz CT molecular complexity index is 594. The van der Waals surface area contributed by atoms with E-state index in [4.69, 9.17) is 0 Å². The van der Waals surface area contributed by atoms with E-state index in [-0.39, 0.29) is 11.2 Å². The van der Waals surface area contributed by atoms with Crippen LogP contribution in [0.5, 0.6) is 0 Å². The number of Topliss-reactive ketones (excluding diaryl/α,β-unsaturated/α-hetero) is 1. The van der Waals surface area contributed by atoms with Gasteiger partial charge in [-0.3, -0.25) is 4.79 Å². The van der Waals surface area contributed by atoms with Crippen LogP contribution < -0.4 is 0 Å². The van der Waals surface area contributed by atoms with Gasteiger partial charge in [0, 0.05) is 11.0 Å². The minimum atomic E-state index is -0.294. The second-order valence-electron chi connectivity index (χ2n) is 5.54. The SMILES string of the molecule is CCC(C)(C)C(=O)c1ccc(C)c2ccccc12. The Hall–Kier alpha value is -1.63. The van der Waals surface area contributed by atoms with Crippen LogP contribution in [0.3, 0.4) is 0 Å². The molecule has 0 aliphatic carbocycles. The first-order valence-corrected chi connectivity index (χ1v) is 6.50. The lowest BCUT2D eigenvalue weighted by Crippen LogP contribution is -2.23. The molecule has 1 heteroatoms. The summed E-state index contributed by atoms with van der Waals surface area (Å²) in [5.41, 5.74) is 1.78. The molecule has 2 aromatic carbocycles. The third-order valence-corrected chi connectivity index (χ3v) is 3.89. The van der Waals surface area contributed by atoms with Crippen molar-refractivity contribution in [3.05, 3.63) is 47.5 Å². The molecule has 2 aromatic rings. The van der Waals surface area contributed by atoms with E-state index in [1.807, 2.05) is 44.2 Å². The quantitative estimate of drug-likeness (QED) is 0.706. The molecule has 0 saturated carbocycles. The monoisotopic (exact) mass is 240 g/mol. The van der Waals surface area contributed by atoms with E-state index in [1.54, 1.807) is 0 Å². The lowest BCUT2D eigenvalue weighted by molar-refractivity contribution is 0.0835. The Labute approximate surface area is 109 Å². The maximum atomic E-state index is 12.6. The minimum absolute atomic E-state index is 0.237. The van der Waals surface area contributed by atoms with Crippen LogP contribution in [0.2, 0.25) is 0 Å². The summed E-state index contributed by atoms with van der Waals surface area (Å²) in [4.78, 5) is 12.6. The molecule has 0 radical (unpaired) electrons. The molecule has 0 heterocycles. The summed E-state index contributed by atoms with van der Waals surface area (Å²) in [6, 6.07) is 12.2. The van der Waals surface area contributed by atoms with Crippen molar-refractivity contribution in [2.75, 3.05) is 0 Å². The van der Waals surface area contributed by atoms with Gasteiger partial charge in [0.05, 0.1) is 0 Å². The van der Waals surface area contributed by atoms with Crippen molar-refractivity contribution >= 4 is 16.6 Å². The number of hydrogen-bond donors (Lipinski definition) is 0. The Kier molecular flexibility index (Phi) is 3.25. The van der Waals surface area contributed by atoms with Crippen molar-refractivity contribution in [3.63, 3.8) is 0 Å². The van der Waals surface area contributed by atoms with Crippen molar-refractivity contribution in [1.29, 1.82) is 0 Å². The highest BCUT2D eigenvalue weighted by molar-refractivity contribution is 6.11. The first-order valence-electron chi connectivity index (χ1n) is 6.50. The average Bonchev–Trinajstić information content (AvgIpc) is 2.39. The topological polar surface area (TPSA) is 17.1 Å². The fourth-order valence-corrected chi connectivity index (χ4v) is 2.17. The molecule has 2 rings (SSSR count). The standard InChI is InChI=1S/C17H20O/c1-5-17(3,4)16(18)15-11-10-12(2)13-8-6-7-9-14(13)15/h6-11H,5H2,1-4H3. The van der Waals surface area contributed by atoms with Gasteiger partial charge in [-0.25, -0.2) is 0 Å². The van der Waals surface area contributed by atoms with E-state index < -0.39 is 0 Å². The van der Waals surface area contributed by atoms with Gasteiger partial charge in [0.1, 0.15) is 0 Å². The van der Waals surface area contributed by atoms with Crippen LogP contribution in [-0.4, -0.2) is 5.78 Å². The van der Waals surface area contributed by atoms with Gasteiger partial charge in [0.25, 0.3) is 0 Å². The van der Waals surface area contributed by atoms with Crippen LogP contribution in [0.25, 0.3) is 10.8 Å². The zero-order valence-corrected chi connectivity index (χ0v) is 11.6. The predicted octanol–water partition coefficient (Wildman–Crippen LogP) is 4.77. The van der Waals surface area contributed by atoms with E-state index in [0.717, 1.165) is 17.4 Å². The Morgan fingerprint density at radius 2 is 1.67 bits per heavy atom. The first kappa shape index (κ1) is 12.8. The molecule has 18 heavy (non-hydrogen) atoms. The van der Waals surface area contributed by atoms with Gasteiger partial charge in [-0.1, -0.05) is 57.2 Å². The van der Waals surface area contributed by atoms with Crippen molar-refractivity contribution in [2.24, 2.45) is 5.41 Å². The molecular formula is C17H20O. The molecule has 0 atom stereocenters. The van der Waals surface area contributed by atoms with Crippen molar-refractivity contribution < 1.29 is 4.79 Å². The molecule has 94 valence electrons. The van der Waals surface area contributed by atoms with Gasteiger partial charge >= 0.3 is 0 Å². The fourth-order valence-electron chi connectivity index (χ4n) is 2.17. The van der Waals surface area contributed by atoms with Crippen LogP contribution in [0, 0.1) is 12.3 Å². The minimum Gasteiger partial charge on any atom is -0.294 e. The van der Waals surface area contributed by atoms with E-state index >= 15 is 0 Å². The molecule has 0 aliphatic heterocycles. The van der Waals surface area contributed by atoms with Gasteiger partial charge in [0.15, 0.2) is 5.78 Å². The lowest BCUT2D eigenvalue weighted by atomic mass is 9.80. The number of aryl methyl sites for hydroxylation is 1. The molecule has 0 aliphatic rings. The summed E-state index contributed by atoms with van der Waals surface area (Å²) >= 11 is 0. The van der Waals surface area contributed by atoms with Crippen molar-refractivity contribution in [3.8, 4) is 0 Å². The zero-order chi connectivity index (χ0) is 13.3. The summed E-state index contributed by atoms with van der Waals surface area (Å²) in [6.45, 7) is 8.18. The molecule has 0 bridgehead atoms. The zero-order valence-electron chi connectivity index (χ0n) is 11.6. The van der Waals surface area contributed by atoms with Gasteiger partial charge in [-0.2, -0.15) is 0 Å². The van der Waals surface area contributed by atoms with Gasteiger partial charge in [0.2, 0.25) is 0 Å². The normalized spacial score (nSPS) is 11.8. The van der Waals surface area contributed by atoms with E-state index in [0.29, 0.717) is 0 Å². The molecule has 0 saturated heterocycles. The first-order chi connectivity index (χ1) is 8.47. The van der Waals surface area contributed by atoms with Crippen LogP contribution >= 0.6 is 0 Å². The molecule has 0 spiro atoms. The van der Waals surface area contributed by atoms with E-state index in [1.165, 1.54) is 10.9 Å². The van der Waals surface area contributed by atoms with Gasteiger partial charge < -0.3 is 0 Å². The number of hydrogen-bond acceptors (Lipinski definition) is 1.